The summed E-state index contributed by atoms with van der Waals surface area (Å²) in [6, 6.07) is 15.8. The average molecular weight is 811 g/mol. The van der Waals surface area contributed by atoms with Gasteiger partial charge in [-0.25, -0.2) is 0 Å². The van der Waals surface area contributed by atoms with Crippen molar-refractivity contribution >= 4 is 0 Å². The van der Waals surface area contributed by atoms with Gasteiger partial charge in [-0.05, 0) is 70.8 Å². The molecule has 2 aliphatic rings. The first-order valence-electron chi connectivity index (χ1n) is 18.4. The monoisotopic (exact) mass is 810 g/mol. The van der Waals surface area contributed by atoms with E-state index in [1.165, 1.54) is 79.1 Å². The third kappa shape index (κ3) is 8.30. The Morgan fingerprint density at radius 3 is 1.43 bits per heavy atom. The van der Waals surface area contributed by atoms with Crippen LogP contribution in [0.3, 0.4) is 0 Å². The number of methoxy groups -OCH3 is 6. The molecule has 0 amide bonds. The predicted molar refractivity (Wildman–Crippen MR) is 206 cm³/mol. The summed E-state index contributed by atoms with van der Waals surface area (Å²) >= 11 is 0. The van der Waals surface area contributed by atoms with Crippen molar-refractivity contribution in [2.24, 2.45) is 11.8 Å². The van der Waals surface area contributed by atoms with E-state index in [9.17, 15) is 30.6 Å². The Bertz CT molecular complexity index is 1970. The van der Waals surface area contributed by atoms with Crippen LogP contribution in [0.1, 0.15) is 46.7 Å². The van der Waals surface area contributed by atoms with Crippen molar-refractivity contribution in [2.75, 3.05) is 69.1 Å². The zero-order valence-electron chi connectivity index (χ0n) is 33.0. The Balaban J connectivity index is 1.19. The SMILES string of the molecule is COc1cc(C(O)C(CO)Oc2ccc(C(O)C(CO)Oc3c(OC)cc(C4OCC5C(c6cc(OC)c(O)c(OC)c6)OCC45)cc3OC)cc2OC)ccc1O. The number of hydrogen-bond acceptors (Lipinski definition) is 16. The minimum absolute atomic E-state index is 0.0254. The van der Waals surface area contributed by atoms with Crippen molar-refractivity contribution in [2.45, 2.75) is 36.6 Å². The van der Waals surface area contributed by atoms with Crippen LogP contribution in [0.4, 0.5) is 0 Å². The first kappa shape index (κ1) is 42.3. The molecule has 58 heavy (non-hydrogen) atoms. The van der Waals surface area contributed by atoms with E-state index in [4.69, 9.17) is 47.4 Å². The Labute approximate surface area is 335 Å². The van der Waals surface area contributed by atoms with Gasteiger partial charge in [0.05, 0.1) is 81.3 Å². The molecule has 2 fully saturated rings. The van der Waals surface area contributed by atoms with Crippen molar-refractivity contribution in [1.29, 1.82) is 0 Å². The number of hydrogen-bond donors (Lipinski definition) is 6. The number of phenols is 2. The van der Waals surface area contributed by atoms with E-state index in [1.54, 1.807) is 24.3 Å². The molecule has 6 N–H and O–H groups in total. The minimum atomic E-state index is -1.39. The molecule has 8 unspecified atom stereocenters. The molecule has 2 heterocycles. The summed E-state index contributed by atoms with van der Waals surface area (Å²) in [5, 5.41) is 63.5. The number of aromatic hydroxyl groups is 2. The first-order chi connectivity index (χ1) is 28.0. The van der Waals surface area contributed by atoms with Gasteiger partial charge in [0.25, 0.3) is 0 Å². The van der Waals surface area contributed by atoms with Crippen molar-refractivity contribution in [3.63, 3.8) is 0 Å². The molecule has 16 nitrogen and oxygen atoms in total. The summed E-state index contributed by atoms with van der Waals surface area (Å²) in [6.45, 7) is -0.384. The lowest BCUT2D eigenvalue weighted by Gasteiger charge is -2.27. The van der Waals surface area contributed by atoms with Gasteiger partial charge in [-0.1, -0.05) is 12.1 Å². The zero-order chi connectivity index (χ0) is 41.7. The van der Waals surface area contributed by atoms with E-state index >= 15 is 0 Å². The molecule has 4 aromatic rings. The molecular weight excluding hydrogens is 760 g/mol. The molecule has 0 bridgehead atoms. The normalized spacial score (nSPS) is 20.7. The van der Waals surface area contributed by atoms with E-state index in [1.807, 2.05) is 0 Å². The summed E-state index contributed by atoms with van der Waals surface area (Å²) in [6.07, 6.45) is -5.80. The fourth-order valence-electron chi connectivity index (χ4n) is 7.48. The fourth-order valence-corrected chi connectivity index (χ4v) is 7.48. The van der Waals surface area contributed by atoms with Crippen LogP contribution in [0.25, 0.3) is 0 Å². The Morgan fingerprint density at radius 1 is 0.534 bits per heavy atom. The van der Waals surface area contributed by atoms with Gasteiger partial charge in [-0.2, -0.15) is 0 Å². The maximum Gasteiger partial charge on any atom is 0.204 e. The smallest absolute Gasteiger partial charge is 0.204 e. The lowest BCUT2D eigenvalue weighted by Crippen LogP contribution is -2.30. The number of phenolic OH excluding ortho intramolecular Hbond substituents is 2. The number of rotatable bonds is 18. The minimum Gasteiger partial charge on any atom is -0.504 e. The van der Waals surface area contributed by atoms with Crippen molar-refractivity contribution < 1.29 is 78.0 Å². The third-order valence-electron chi connectivity index (χ3n) is 10.6. The molecule has 0 spiro atoms. The van der Waals surface area contributed by atoms with Gasteiger partial charge >= 0.3 is 0 Å². The van der Waals surface area contributed by atoms with Crippen molar-refractivity contribution in [1.82, 2.24) is 0 Å². The molecule has 0 radical (unpaired) electrons. The van der Waals surface area contributed by atoms with Crippen LogP contribution in [0, 0.1) is 11.8 Å². The second-order valence-electron chi connectivity index (χ2n) is 13.8. The zero-order valence-corrected chi connectivity index (χ0v) is 33.0. The van der Waals surface area contributed by atoms with Crippen molar-refractivity contribution in [3.05, 3.63) is 82.9 Å². The second-order valence-corrected chi connectivity index (χ2v) is 13.8. The number of fused-ring (bicyclic) bond motifs is 1. The number of ether oxygens (including phenoxy) is 10. The molecule has 2 saturated heterocycles. The van der Waals surface area contributed by atoms with Crippen LogP contribution in [0.15, 0.2) is 60.7 Å². The number of aliphatic hydroxyl groups excluding tert-OH is 4. The summed E-state index contributed by atoms with van der Waals surface area (Å²) in [4.78, 5) is 0. The first-order valence-corrected chi connectivity index (χ1v) is 18.4. The number of benzene rings is 4. The van der Waals surface area contributed by atoms with E-state index in [0.717, 1.165) is 11.1 Å². The van der Waals surface area contributed by atoms with Gasteiger partial charge in [-0.15, -0.1) is 0 Å². The van der Waals surface area contributed by atoms with Gasteiger partial charge in [0.2, 0.25) is 11.5 Å². The van der Waals surface area contributed by atoms with Crippen LogP contribution < -0.4 is 37.9 Å². The standard InChI is InChI=1S/C42H50O16/c1-49-29-11-21(7-9-27(29)45)37(46)35(17-43)57-28-10-8-22(12-30(28)50-2)38(47)36(18-44)58-42-33(53-5)15-24(16-34(42)54-6)41-26-20-55-40(25(26)19-56-41)23-13-31(51-3)39(48)32(14-23)52-4/h7-16,25-26,35-38,40-41,43-48H,17-20H2,1-6H3. The van der Waals surface area contributed by atoms with Gasteiger partial charge in [0.15, 0.2) is 58.2 Å². The predicted octanol–water partition coefficient (Wildman–Crippen LogP) is 4.17. The van der Waals surface area contributed by atoms with Crippen LogP contribution >= 0.6 is 0 Å². The molecule has 8 atom stereocenters. The highest BCUT2D eigenvalue weighted by Gasteiger charge is 2.49. The summed E-state index contributed by atoms with van der Waals surface area (Å²) < 4.78 is 57.7. The molecule has 16 heteroatoms. The third-order valence-corrected chi connectivity index (χ3v) is 10.6. The highest BCUT2D eigenvalue weighted by atomic mass is 16.6. The molecule has 314 valence electrons. The highest BCUT2D eigenvalue weighted by molar-refractivity contribution is 5.56. The van der Waals surface area contributed by atoms with E-state index < -0.39 is 43.7 Å². The average Bonchev–Trinajstić information content (AvgIpc) is 3.87. The summed E-state index contributed by atoms with van der Waals surface area (Å²) in [5.74, 6) is 1.42. The fraction of sp³-hybridized carbons (Fsp3) is 0.429. The van der Waals surface area contributed by atoms with E-state index in [2.05, 4.69) is 0 Å². The molecule has 0 saturated carbocycles. The maximum atomic E-state index is 11.5. The highest BCUT2D eigenvalue weighted by Crippen LogP contribution is 2.54. The largest absolute Gasteiger partial charge is 0.504 e. The topological polar surface area (TPSA) is 214 Å². The summed E-state index contributed by atoms with van der Waals surface area (Å²) in [7, 11) is 8.63. The van der Waals surface area contributed by atoms with Gasteiger partial charge in [-0.3, -0.25) is 0 Å². The van der Waals surface area contributed by atoms with Crippen LogP contribution in [0.5, 0.6) is 57.5 Å². The number of aliphatic hydroxyl groups is 4. The summed E-state index contributed by atoms with van der Waals surface area (Å²) in [5.41, 5.74) is 2.16. The Kier molecular flexibility index (Phi) is 13.5. The molecule has 4 aromatic carbocycles. The second kappa shape index (κ2) is 18.5. The van der Waals surface area contributed by atoms with Gasteiger partial charge in [0.1, 0.15) is 12.2 Å². The maximum absolute atomic E-state index is 11.5. The molecule has 0 aliphatic carbocycles. The van der Waals surface area contributed by atoms with Crippen LogP contribution in [-0.2, 0) is 9.47 Å². The lowest BCUT2D eigenvalue weighted by molar-refractivity contribution is -0.00349. The Hall–Kier alpha value is -5.36. The van der Waals surface area contributed by atoms with Gasteiger partial charge < -0.3 is 78.0 Å². The molecule has 6 rings (SSSR count). The van der Waals surface area contributed by atoms with E-state index in [0.29, 0.717) is 24.3 Å². The van der Waals surface area contributed by atoms with Crippen molar-refractivity contribution in [3.8, 4) is 57.5 Å². The molecular formula is C42H50O16. The van der Waals surface area contributed by atoms with Crippen LogP contribution in [-0.4, -0.2) is 112 Å². The molecule has 2 aliphatic heterocycles. The van der Waals surface area contributed by atoms with Crippen LogP contribution in [0.2, 0.25) is 0 Å². The Morgan fingerprint density at radius 2 is 0.966 bits per heavy atom. The van der Waals surface area contributed by atoms with E-state index in [-0.39, 0.29) is 75.4 Å². The molecule has 0 aromatic heterocycles. The quantitative estimate of drug-likeness (QED) is 0.0832. The lowest BCUT2D eigenvalue weighted by atomic mass is 9.84. The van der Waals surface area contributed by atoms with Gasteiger partial charge in [0, 0.05) is 11.8 Å².